The number of hydrogen-bond acceptors (Lipinski definition) is 4. The molecular weight excluding hydrogens is 394 g/mol. The molecule has 0 saturated heterocycles. The van der Waals surface area contributed by atoms with E-state index in [0.717, 1.165) is 38.5 Å². The molecule has 6 rings (SSSR count). The Morgan fingerprint density at radius 3 is 2.03 bits per heavy atom. The Balaban J connectivity index is 1.52. The van der Waals surface area contributed by atoms with Gasteiger partial charge in [0.2, 0.25) is 5.28 Å². The molecule has 4 nitrogen and oxygen atoms in total. The van der Waals surface area contributed by atoms with Crippen molar-refractivity contribution in [1.29, 1.82) is 0 Å². The Hall–Kier alpha value is -3.76. The molecule has 4 aromatic carbocycles. The number of benzene rings is 4. The third kappa shape index (κ3) is 2.81. The Morgan fingerprint density at radius 1 is 0.567 bits per heavy atom. The molecule has 30 heavy (non-hydrogen) atoms. The summed E-state index contributed by atoms with van der Waals surface area (Å²) < 4.78 is 6.16. The molecule has 0 fully saturated rings. The van der Waals surface area contributed by atoms with Crippen LogP contribution in [0.25, 0.3) is 55.5 Å². The van der Waals surface area contributed by atoms with E-state index in [4.69, 9.17) is 16.0 Å². The van der Waals surface area contributed by atoms with Crippen molar-refractivity contribution in [3.63, 3.8) is 0 Å². The topological polar surface area (TPSA) is 51.8 Å². The van der Waals surface area contributed by atoms with Gasteiger partial charge in [-0.1, -0.05) is 60.7 Å². The lowest BCUT2D eigenvalue weighted by atomic mass is 10.1. The molecule has 142 valence electrons. The fraction of sp³-hybridized carbons (Fsp3) is 0. The Bertz CT molecular complexity index is 1560. The standard InChI is InChI=1S/C25H14ClN3O/c26-25-28-23(15-6-2-1-3-7-15)27-24(29-25)18-10-11-19-20-12-16-8-4-5-9-17(16)13-22(20)30-21(19)14-18/h1-14H. The van der Waals surface area contributed by atoms with E-state index in [1.807, 2.05) is 60.7 Å². The average molecular weight is 408 g/mol. The van der Waals surface area contributed by atoms with Gasteiger partial charge in [0, 0.05) is 21.9 Å². The minimum Gasteiger partial charge on any atom is -0.456 e. The van der Waals surface area contributed by atoms with Gasteiger partial charge in [-0.3, -0.25) is 0 Å². The maximum atomic E-state index is 6.21. The van der Waals surface area contributed by atoms with Gasteiger partial charge in [0.1, 0.15) is 11.2 Å². The molecule has 0 amide bonds. The normalized spacial score (nSPS) is 11.5. The second kappa shape index (κ2) is 6.65. The molecule has 2 aromatic heterocycles. The molecule has 0 radical (unpaired) electrons. The third-order valence-electron chi connectivity index (χ3n) is 5.24. The van der Waals surface area contributed by atoms with Crippen LogP contribution in [0.4, 0.5) is 0 Å². The fourth-order valence-corrected chi connectivity index (χ4v) is 3.96. The van der Waals surface area contributed by atoms with E-state index in [-0.39, 0.29) is 5.28 Å². The molecule has 5 heteroatoms. The molecular formula is C25H14ClN3O. The highest BCUT2D eigenvalue weighted by molar-refractivity contribution is 6.28. The lowest BCUT2D eigenvalue weighted by molar-refractivity contribution is 0.669. The van der Waals surface area contributed by atoms with Crippen LogP contribution in [0.2, 0.25) is 5.28 Å². The van der Waals surface area contributed by atoms with Crippen LogP contribution >= 0.6 is 11.6 Å². The largest absolute Gasteiger partial charge is 0.456 e. The molecule has 0 aliphatic carbocycles. The molecule has 2 heterocycles. The van der Waals surface area contributed by atoms with Crippen LogP contribution in [0.1, 0.15) is 0 Å². The summed E-state index contributed by atoms with van der Waals surface area (Å²) in [6.07, 6.45) is 0. The van der Waals surface area contributed by atoms with Crippen molar-refractivity contribution < 1.29 is 4.42 Å². The highest BCUT2D eigenvalue weighted by Gasteiger charge is 2.13. The van der Waals surface area contributed by atoms with Gasteiger partial charge in [-0.05, 0) is 46.6 Å². The zero-order chi connectivity index (χ0) is 20.1. The summed E-state index contributed by atoms with van der Waals surface area (Å²) in [5, 5.41) is 4.65. The summed E-state index contributed by atoms with van der Waals surface area (Å²) in [6.45, 7) is 0. The lowest BCUT2D eigenvalue weighted by Crippen LogP contribution is -1.97. The van der Waals surface area contributed by atoms with Crippen LogP contribution in [0.15, 0.2) is 89.3 Å². The number of nitrogens with zero attached hydrogens (tertiary/aromatic N) is 3. The first kappa shape index (κ1) is 17.1. The minimum absolute atomic E-state index is 0.162. The van der Waals surface area contributed by atoms with Crippen LogP contribution in [0.3, 0.4) is 0 Å². The fourth-order valence-electron chi connectivity index (χ4n) is 3.80. The maximum Gasteiger partial charge on any atom is 0.226 e. The summed E-state index contributed by atoms with van der Waals surface area (Å²) in [4.78, 5) is 13.2. The van der Waals surface area contributed by atoms with Gasteiger partial charge in [-0.25, -0.2) is 4.98 Å². The van der Waals surface area contributed by atoms with Gasteiger partial charge in [0.25, 0.3) is 0 Å². The number of fused-ring (bicyclic) bond motifs is 4. The summed E-state index contributed by atoms with van der Waals surface area (Å²) in [5.74, 6) is 1.06. The first-order chi connectivity index (χ1) is 14.7. The summed E-state index contributed by atoms with van der Waals surface area (Å²) in [5.41, 5.74) is 3.36. The van der Waals surface area contributed by atoms with E-state index in [9.17, 15) is 0 Å². The van der Waals surface area contributed by atoms with Crippen molar-refractivity contribution >= 4 is 44.3 Å². The number of furan rings is 1. The van der Waals surface area contributed by atoms with Gasteiger partial charge >= 0.3 is 0 Å². The Morgan fingerprint density at radius 2 is 1.23 bits per heavy atom. The third-order valence-corrected chi connectivity index (χ3v) is 5.41. The summed E-state index contributed by atoms with van der Waals surface area (Å²) in [6, 6.07) is 28.3. The van der Waals surface area contributed by atoms with Gasteiger partial charge < -0.3 is 4.42 Å². The number of rotatable bonds is 2. The summed E-state index contributed by atoms with van der Waals surface area (Å²) in [7, 11) is 0. The van der Waals surface area contributed by atoms with Crippen LogP contribution in [0.5, 0.6) is 0 Å². The molecule has 0 aliphatic rings. The van der Waals surface area contributed by atoms with Crippen molar-refractivity contribution in [3.05, 3.63) is 90.2 Å². The van der Waals surface area contributed by atoms with E-state index >= 15 is 0 Å². The van der Waals surface area contributed by atoms with Crippen LogP contribution < -0.4 is 0 Å². The van der Waals surface area contributed by atoms with Gasteiger partial charge in [-0.2, -0.15) is 9.97 Å². The predicted molar refractivity (Wildman–Crippen MR) is 120 cm³/mol. The van der Waals surface area contributed by atoms with E-state index in [1.165, 1.54) is 5.39 Å². The van der Waals surface area contributed by atoms with E-state index < -0.39 is 0 Å². The van der Waals surface area contributed by atoms with Crippen LogP contribution in [-0.4, -0.2) is 15.0 Å². The second-order valence-electron chi connectivity index (χ2n) is 7.13. The first-order valence-electron chi connectivity index (χ1n) is 9.57. The average Bonchev–Trinajstić information content (AvgIpc) is 3.14. The van der Waals surface area contributed by atoms with E-state index in [1.54, 1.807) is 0 Å². The minimum atomic E-state index is 0.162. The molecule has 0 N–H and O–H groups in total. The molecule has 0 atom stereocenters. The smallest absolute Gasteiger partial charge is 0.226 e. The monoisotopic (exact) mass is 407 g/mol. The van der Waals surface area contributed by atoms with Gasteiger partial charge in [0.15, 0.2) is 11.6 Å². The highest BCUT2D eigenvalue weighted by Crippen LogP contribution is 2.34. The molecule has 0 spiro atoms. The van der Waals surface area contributed by atoms with Gasteiger partial charge in [-0.15, -0.1) is 0 Å². The zero-order valence-corrected chi connectivity index (χ0v) is 16.5. The number of aromatic nitrogens is 3. The van der Waals surface area contributed by atoms with E-state index in [2.05, 4.69) is 39.2 Å². The van der Waals surface area contributed by atoms with Crippen LogP contribution in [-0.2, 0) is 0 Å². The Labute approximate surface area is 176 Å². The van der Waals surface area contributed by atoms with Crippen molar-refractivity contribution in [2.24, 2.45) is 0 Å². The maximum absolute atomic E-state index is 6.21. The first-order valence-corrected chi connectivity index (χ1v) is 9.95. The van der Waals surface area contributed by atoms with Crippen molar-refractivity contribution in [1.82, 2.24) is 15.0 Å². The lowest BCUT2D eigenvalue weighted by Gasteiger charge is -2.04. The molecule has 0 bridgehead atoms. The second-order valence-corrected chi connectivity index (χ2v) is 7.46. The van der Waals surface area contributed by atoms with Gasteiger partial charge in [0.05, 0.1) is 0 Å². The molecule has 0 aliphatic heterocycles. The van der Waals surface area contributed by atoms with Crippen LogP contribution in [0, 0.1) is 0 Å². The molecule has 6 aromatic rings. The highest BCUT2D eigenvalue weighted by atomic mass is 35.5. The predicted octanol–water partition coefficient (Wildman–Crippen LogP) is 6.91. The molecule has 0 saturated carbocycles. The zero-order valence-electron chi connectivity index (χ0n) is 15.7. The number of hydrogen-bond donors (Lipinski definition) is 0. The molecule has 0 unspecified atom stereocenters. The van der Waals surface area contributed by atoms with Crippen molar-refractivity contribution in [2.45, 2.75) is 0 Å². The summed E-state index contributed by atoms with van der Waals surface area (Å²) >= 11 is 6.21. The quantitative estimate of drug-likeness (QED) is 0.313. The SMILES string of the molecule is Clc1nc(-c2ccccc2)nc(-c2ccc3c(c2)oc2cc4ccccc4cc23)n1. The van der Waals surface area contributed by atoms with E-state index in [0.29, 0.717) is 11.6 Å². The van der Waals surface area contributed by atoms with Crippen molar-refractivity contribution in [3.8, 4) is 22.8 Å². The number of halogens is 1. The Kier molecular flexibility index (Phi) is 3.79. The van der Waals surface area contributed by atoms with Crippen molar-refractivity contribution in [2.75, 3.05) is 0 Å².